The molecule has 0 spiro atoms. The first-order valence-electron chi connectivity index (χ1n) is 6.20. The van der Waals surface area contributed by atoms with E-state index in [9.17, 15) is 13.5 Å². The van der Waals surface area contributed by atoms with Gasteiger partial charge in [0.25, 0.3) is 10.1 Å². The maximum absolute atomic E-state index is 11.9. The summed E-state index contributed by atoms with van der Waals surface area (Å²) < 4.78 is 28.9. The smallest absolute Gasteiger partial charge is 0.271 e. The fourth-order valence-electron chi connectivity index (χ4n) is 2.19. The van der Waals surface area contributed by atoms with Gasteiger partial charge in [0.1, 0.15) is 11.9 Å². The Labute approximate surface area is 108 Å². The van der Waals surface area contributed by atoms with Crippen LogP contribution in [-0.4, -0.2) is 25.7 Å². The van der Waals surface area contributed by atoms with Gasteiger partial charge in [-0.3, -0.25) is 4.18 Å². The van der Waals surface area contributed by atoms with E-state index in [0.29, 0.717) is 18.4 Å². The Bertz CT molecular complexity index is 469. The van der Waals surface area contributed by atoms with Gasteiger partial charge in [0, 0.05) is 0 Å². The minimum absolute atomic E-state index is 0.142. The minimum Gasteiger partial charge on any atom is -0.390 e. The van der Waals surface area contributed by atoms with Crippen molar-refractivity contribution in [1.29, 1.82) is 0 Å². The van der Waals surface area contributed by atoms with Gasteiger partial charge in [-0.2, -0.15) is 8.42 Å². The summed E-state index contributed by atoms with van der Waals surface area (Å²) >= 11 is 0. The van der Waals surface area contributed by atoms with E-state index in [4.69, 9.17) is 4.18 Å². The molecule has 4 nitrogen and oxygen atoms in total. The quantitative estimate of drug-likeness (QED) is 0.848. The molecule has 2 rings (SSSR count). The van der Waals surface area contributed by atoms with Crippen molar-refractivity contribution in [3.05, 3.63) is 35.9 Å². The van der Waals surface area contributed by atoms with Crippen LogP contribution >= 0.6 is 0 Å². The Morgan fingerprint density at radius 1 is 1.17 bits per heavy atom. The lowest BCUT2D eigenvalue weighted by Crippen LogP contribution is -2.34. The van der Waals surface area contributed by atoms with Gasteiger partial charge < -0.3 is 5.11 Å². The molecule has 0 amide bonds. The van der Waals surface area contributed by atoms with Gasteiger partial charge in [-0.15, -0.1) is 0 Å². The molecule has 1 aliphatic rings. The summed E-state index contributed by atoms with van der Waals surface area (Å²) in [5.74, 6) is -0.142. The van der Waals surface area contributed by atoms with Crippen LogP contribution < -0.4 is 0 Å². The number of hydrogen-bond donors (Lipinski definition) is 1. The molecule has 1 aromatic rings. The molecule has 2 atom stereocenters. The first-order valence-corrected chi connectivity index (χ1v) is 7.77. The second-order valence-electron chi connectivity index (χ2n) is 4.67. The molecule has 0 aromatic heterocycles. The van der Waals surface area contributed by atoms with Crippen molar-refractivity contribution >= 4 is 10.1 Å². The Morgan fingerprint density at radius 2 is 1.83 bits per heavy atom. The Kier molecular flexibility index (Phi) is 4.37. The highest BCUT2D eigenvalue weighted by Crippen LogP contribution is 2.23. The molecule has 1 aliphatic carbocycles. The van der Waals surface area contributed by atoms with Gasteiger partial charge in [0.15, 0.2) is 0 Å². The van der Waals surface area contributed by atoms with Crippen LogP contribution in [0.25, 0.3) is 0 Å². The van der Waals surface area contributed by atoms with Crippen LogP contribution in [-0.2, 0) is 20.1 Å². The monoisotopic (exact) mass is 270 g/mol. The fraction of sp³-hybridized carbons (Fsp3) is 0.538. The molecule has 18 heavy (non-hydrogen) atoms. The SMILES string of the molecule is O=S(=O)(Cc1ccccc1)OC1CCCCC1O. The molecule has 0 heterocycles. The largest absolute Gasteiger partial charge is 0.390 e. The van der Waals surface area contributed by atoms with Crippen molar-refractivity contribution in [3.8, 4) is 0 Å². The van der Waals surface area contributed by atoms with Crippen molar-refractivity contribution in [1.82, 2.24) is 0 Å². The van der Waals surface area contributed by atoms with Gasteiger partial charge in [-0.25, -0.2) is 0 Å². The minimum atomic E-state index is -3.63. The lowest BCUT2D eigenvalue weighted by molar-refractivity contribution is 0.0103. The third kappa shape index (κ3) is 3.80. The highest BCUT2D eigenvalue weighted by Gasteiger charge is 2.28. The topological polar surface area (TPSA) is 63.6 Å². The van der Waals surface area contributed by atoms with Gasteiger partial charge in [0.2, 0.25) is 0 Å². The van der Waals surface area contributed by atoms with Crippen molar-refractivity contribution in [2.45, 2.75) is 43.6 Å². The lowest BCUT2D eigenvalue weighted by Gasteiger charge is -2.26. The zero-order chi connectivity index (χ0) is 13.0. The molecular weight excluding hydrogens is 252 g/mol. The Morgan fingerprint density at radius 3 is 2.50 bits per heavy atom. The van der Waals surface area contributed by atoms with Gasteiger partial charge in [0.05, 0.1) is 6.10 Å². The van der Waals surface area contributed by atoms with E-state index in [2.05, 4.69) is 0 Å². The predicted octanol–water partition coefficient (Wildman–Crippen LogP) is 1.84. The third-order valence-corrected chi connectivity index (χ3v) is 4.35. The van der Waals surface area contributed by atoms with Gasteiger partial charge in [-0.1, -0.05) is 43.2 Å². The summed E-state index contributed by atoms with van der Waals surface area (Å²) in [7, 11) is -3.63. The average molecular weight is 270 g/mol. The number of aliphatic hydroxyl groups excluding tert-OH is 1. The highest BCUT2D eigenvalue weighted by atomic mass is 32.2. The first kappa shape index (κ1) is 13.5. The second-order valence-corrected chi connectivity index (χ2v) is 6.27. The van der Waals surface area contributed by atoms with E-state index in [-0.39, 0.29) is 5.75 Å². The predicted molar refractivity (Wildman–Crippen MR) is 68.4 cm³/mol. The molecule has 100 valence electrons. The Balaban J connectivity index is 1.99. The summed E-state index contributed by atoms with van der Waals surface area (Å²) in [6, 6.07) is 8.92. The van der Waals surface area contributed by atoms with Crippen molar-refractivity contribution < 1.29 is 17.7 Å². The molecule has 1 N–H and O–H groups in total. The van der Waals surface area contributed by atoms with Gasteiger partial charge in [-0.05, 0) is 18.4 Å². The third-order valence-electron chi connectivity index (χ3n) is 3.12. The van der Waals surface area contributed by atoms with Crippen LogP contribution in [0.1, 0.15) is 31.2 Å². The van der Waals surface area contributed by atoms with E-state index < -0.39 is 22.3 Å². The maximum Gasteiger partial charge on any atom is 0.271 e. The first-order chi connectivity index (χ1) is 8.57. The summed E-state index contributed by atoms with van der Waals surface area (Å²) in [4.78, 5) is 0. The van der Waals surface area contributed by atoms with Crippen molar-refractivity contribution in [3.63, 3.8) is 0 Å². The van der Waals surface area contributed by atoms with Crippen molar-refractivity contribution in [2.24, 2.45) is 0 Å². The standard InChI is InChI=1S/C13H18O4S/c14-12-8-4-5-9-13(12)17-18(15,16)10-11-6-2-1-3-7-11/h1-3,6-7,12-14H,4-5,8-10H2. The van der Waals surface area contributed by atoms with E-state index in [1.54, 1.807) is 24.3 Å². The molecule has 0 saturated heterocycles. The zero-order valence-electron chi connectivity index (χ0n) is 10.2. The highest BCUT2D eigenvalue weighted by molar-refractivity contribution is 7.85. The Hall–Kier alpha value is -0.910. The molecule has 1 saturated carbocycles. The van der Waals surface area contributed by atoms with E-state index in [0.717, 1.165) is 12.8 Å². The number of rotatable bonds is 4. The van der Waals surface area contributed by atoms with Gasteiger partial charge >= 0.3 is 0 Å². The summed E-state index contributed by atoms with van der Waals surface area (Å²) in [6.45, 7) is 0. The molecule has 2 unspecified atom stereocenters. The molecule has 0 aliphatic heterocycles. The van der Waals surface area contributed by atoms with Crippen LogP contribution in [0.15, 0.2) is 30.3 Å². The second kappa shape index (κ2) is 5.82. The molecule has 1 fully saturated rings. The van der Waals surface area contributed by atoms with Crippen LogP contribution in [0.4, 0.5) is 0 Å². The maximum atomic E-state index is 11.9. The van der Waals surface area contributed by atoms with E-state index >= 15 is 0 Å². The number of aliphatic hydroxyl groups is 1. The van der Waals surface area contributed by atoms with E-state index in [1.807, 2.05) is 6.07 Å². The summed E-state index contributed by atoms with van der Waals surface area (Å²) in [5.41, 5.74) is 0.697. The normalized spacial score (nSPS) is 24.9. The van der Waals surface area contributed by atoms with Crippen LogP contribution in [0, 0.1) is 0 Å². The van der Waals surface area contributed by atoms with Crippen molar-refractivity contribution in [2.75, 3.05) is 0 Å². The average Bonchev–Trinajstić information content (AvgIpc) is 2.32. The zero-order valence-corrected chi connectivity index (χ0v) is 11.0. The fourth-order valence-corrected chi connectivity index (χ4v) is 3.46. The molecule has 0 radical (unpaired) electrons. The molecule has 1 aromatic carbocycles. The van der Waals surface area contributed by atoms with Crippen LogP contribution in [0.2, 0.25) is 0 Å². The lowest BCUT2D eigenvalue weighted by atomic mass is 9.95. The molecule has 5 heteroatoms. The number of hydrogen-bond acceptors (Lipinski definition) is 4. The number of benzene rings is 1. The summed E-state index contributed by atoms with van der Waals surface area (Å²) in [6.07, 6.45) is 1.82. The molecular formula is C13H18O4S. The van der Waals surface area contributed by atoms with Crippen LogP contribution in [0.5, 0.6) is 0 Å². The van der Waals surface area contributed by atoms with E-state index in [1.165, 1.54) is 0 Å². The van der Waals surface area contributed by atoms with Crippen LogP contribution in [0.3, 0.4) is 0 Å². The molecule has 0 bridgehead atoms. The summed E-state index contributed by atoms with van der Waals surface area (Å²) in [5, 5.41) is 9.71.